The van der Waals surface area contributed by atoms with Gasteiger partial charge in [-0.3, -0.25) is 0 Å². The highest BCUT2D eigenvalue weighted by molar-refractivity contribution is 5.72. The largest absolute Gasteiger partial charge is 0.444 e. The third kappa shape index (κ3) is 6.39. The first-order valence-electron chi connectivity index (χ1n) is 11.2. The van der Waals surface area contributed by atoms with Crippen molar-refractivity contribution in [3.63, 3.8) is 0 Å². The fourth-order valence-corrected chi connectivity index (χ4v) is 3.28. The number of hydrogen-bond acceptors (Lipinski definition) is 13. The standard InChI is InChI=1S/C22H26N10O4/c1-13-28-31-20(35-13)19-16(7-17(29-30-19)27-18-11-24-14(8-23)9-26-18)25-10-15-12-32(5-6-34-15)21(33)36-22(2,3)4/h7,9,11,15H,5-6,10,12H2,1-4H3,(H2,25,26,27,29). The molecule has 1 aliphatic rings. The van der Waals surface area contributed by atoms with Crippen LogP contribution in [-0.4, -0.2) is 79.3 Å². The second-order valence-corrected chi connectivity index (χ2v) is 8.94. The van der Waals surface area contributed by atoms with Gasteiger partial charge in [0.15, 0.2) is 17.2 Å². The maximum absolute atomic E-state index is 12.5. The van der Waals surface area contributed by atoms with Crippen molar-refractivity contribution >= 4 is 23.4 Å². The Hall–Kier alpha value is -4.38. The molecule has 1 unspecified atom stereocenters. The molecule has 0 saturated carbocycles. The zero-order chi connectivity index (χ0) is 25.7. The van der Waals surface area contributed by atoms with E-state index in [4.69, 9.17) is 19.2 Å². The summed E-state index contributed by atoms with van der Waals surface area (Å²) in [5, 5.41) is 31.5. The zero-order valence-corrected chi connectivity index (χ0v) is 20.3. The molecular weight excluding hydrogens is 468 g/mol. The maximum Gasteiger partial charge on any atom is 0.410 e. The van der Waals surface area contributed by atoms with Crippen molar-refractivity contribution in [2.24, 2.45) is 0 Å². The van der Waals surface area contributed by atoms with Gasteiger partial charge in [-0.25, -0.2) is 14.8 Å². The average molecular weight is 495 g/mol. The van der Waals surface area contributed by atoms with Gasteiger partial charge in [-0.05, 0) is 20.8 Å². The predicted molar refractivity (Wildman–Crippen MR) is 126 cm³/mol. The molecule has 1 amide bonds. The molecular formula is C22H26N10O4. The lowest BCUT2D eigenvalue weighted by Gasteiger charge is -2.34. The minimum Gasteiger partial charge on any atom is -0.444 e. The van der Waals surface area contributed by atoms with E-state index in [1.807, 2.05) is 26.8 Å². The second kappa shape index (κ2) is 10.5. The lowest BCUT2D eigenvalue weighted by Crippen LogP contribution is -2.49. The molecule has 3 aromatic rings. The summed E-state index contributed by atoms with van der Waals surface area (Å²) in [6.07, 6.45) is 2.10. The van der Waals surface area contributed by atoms with Gasteiger partial charge in [0.2, 0.25) is 5.89 Å². The number of hydrogen-bond donors (Lipinski definition) is 2. The van der Waals surface area contributed by atoms with Gasteiger partial charge in [-0.1, -0.05) is 0 Å². The van der Waals surface area contributed by atoms with E-state index in [0.717, 1.165) is 0 Å². The lowest BCUT2D eigenvalue weighted by atomic mass is 10.2. The highest BCUT2D eigenvalue weighted by atomic mass is 16.6. The molecule has 0 radical (unpaired) electrons. The third-order valence-electron chi connectivity index (χ3n) is 4.86. The Bertz CT molecular complexity index is 1250. The van der Waals surface area contributed by atoms with E-state index in [0.29, 0.717) is 55.1 Å². The summed E-state index contributed by atoms with van der Waals surface area (Å²) in [5.74, 6) is 1.35. The summed E-state index contributed by atoms with van der Waals surface area (Å²) in [6.45, 7) is 8.73. The second-order valence-electron chi connectivity index (χ2n) is 8.94. The average Bonchev–Trinajstić information content (AvgIpc) is 3.28. The quantitative estimate of drug-likeness (QED) is 0.510. The van der Waals surface area contributed by atoms with Gasteiger partial charge in [-0.2, -0.15) is 5.26 Å². The highest BCUT2D eigenvalue weighted by Crippen LogP contribution is 2.27. The van der Waals surface area contributed by atoms with Crippen molar-refractivity contribution in [2.75, 3.05) is 36.9 Å². The molecule has 0 bridgehead atoms. The van der Waals surface area contributed by atoms with Crippen molar-refractivity contribution in [3.05, 3.63) is 30.0 Å². The molecule has 4 rings (SSSR count). The van der Waals surface area contributed by atoms with E-state index in [1.165, 1.54) is 12.4 Å². The fourth-order valence-electron chi connectivity index (χ4n) is 3.28. The van der Waals surface area contributed by atoms with Gasteiger partial charge in [0.1, 0.15) is 17.5 Å². The van der Waals surface area contributed by atoms with Gasteiger partial charge in [-0.15, -0.1) is 20.4 Å². The van der Waals surface area contributed by atoms with Crippen molar-refractivity contribution in [3.8, 4) is 17.7 Å². The lowest BCUT2D eigenvalue weighted by molar-refractivity contribution is -0.0371. The van der Waals surface area contributed by atoms with E-state index >= 15 is 0 Å². The summed E-state index contributed by atoms with van der Waals surface area (Å²) in [7, 11) is 0. The SMILES string of the molecule is Cc1nnc(-c2nnc(Nc3cnc(C#N)cn3)cc2NCC2CN(C(=O)OC(C)(C)C)CCO2)o1. The van der Waals surface area contributed by atoms with Gasteiger partial charge in [0.25, 0.3) is 5.89 Å². The highest BCUT2D eigenvalue weighted by Gasteiger charge is 2.28. The number of nitrogens with one attached hydrogen (secondary N) is 2. The Morgan fingerprint density at radius 3 is 2.72 bits per heavy atom. The van der Waals surface area contributed by atoms with Crippen LogP contribution in [0.5, 0.6) is 0 Å². The van der Waals surface area contributed by atoms with Crippen LogP contribution in [0.2, 0.25) is 0 Å². The summed E-state index contributed by atoms with van der Waals surface area (Å²) >= 11 is 0. The molecule has 2 N–H and O–H groups in total. The van der Waals surface area contributed by atoms with Crippen LogP contribution in [0.25, 0.3) is 11.6 Å². The Balaban J connectivity index is 1.49. The van der Waals surface area contributed by atoms with Crippen LogP contribution >= 0.6 is 0 Å². The van der Waals surface area contributed by atoms with Crippen LogP contribution < -0.4 is 10.6 Å². The molecule has 1 aliphatic heterocycles. The Labute approximate surface area is 207 Å². The number of amides is 1. The van der Waals surface area contributed by atoms with E-state index in [-0.39, 0.29) is 23.8 Å². The van der Waals surface area contributed by atoms with Crippen molar-refractivity contribution in [1.82, 2.24) is 35.3 Å². The molecule has 4 heterocycles. The summed E-state index contributed by atoms with van der Waals surface area (Å²) < 4.78 is 16.9. The van der Waals surface area contributed by atoms with Crippen LogP contribution in [0, 0.1) is 18.3 Å². The Morgan fingerprint density at radius 1 is 1.22 bits per heavy atom. The molecule has 3 aromatic heterocycles. The Morgan fingerprint density at radius 2 is 2.06 bits per heavy atom. The molecule has 0 aromatic carbocycles. The van der Waals surface area contributed by atoms with E-state index in [2.05, 4.69) is 41.0 Å². The number of carbonyl (C=O) groups is 1. The van der Waals surface area contributed by atoms with Crippen molar-refractivity contribution in [1.29, 1.82) is 5.26 Å². The predicted octanol–water partition coefficient (Wildman–Crippen LogP) is 2.29. The topological polar surface area (TPSA) is 177 Å². The number of aryl methyl sites for hydroxylation is 1. The molecule has 14 heteroatoms. The van der Waals surface area contributed by atoms with Crippen LogP contribution in [-0.2, 0) is 9.47 Å². The molecule has 1 saturated heterocycles. The van der Waals surface area contributed by atoms with E-state index in [9.17, 15) is 4.79 Å². The van der Waals surface area contributed by atoms with Gasteiger partial charge >= 0.3 is 6.09 Å². The number of ether oxygens (including phenoxy) is 2. The summed E-state index contributed by atoms with van der Waals surface area (Å²) in [5.41, 5.74) is 0.526. The first-order chi connectivity index (χ1) is 17.2. The number of nitrogens with zero attached hydrogens (tertiary/aromatic N) is 8. The number of nitriles is 1. The summed E-state index contributed by atoms with van der Waals surface area (Å²) in [6, 6.07) is 3.62. The third-order valence-corrected chi connectivity index (χ3v) is 4.86. The van der Waals surface area contributed by atoms with Gasteiger partial charge in [0, 0.05) is 26.1 Å². The minimum atomic E-state index is -0.578. The fraction of sp³-hybridized carbons (Fsp3) is 0.455. The molecule has 36 heavy (non-hydrogen) atoms. The first-order valence-corrected chi connectivity index (χ1v) is 11.2. The number of rotatable bonds is 6. The van der Waals surface area contributed by atoms with Gasteiger partial charge in [0.05, 0.1) is 37.3 Å². The molecule has 0 spiro atoms. The minimum absolute atomic E-state index is 0.198. The van der Waals surface area contributed by atoms with Crippen LogP contribution in [0.1, 0.15) is 32.4 Å². The van der Waals surface area contributed by atoms with Crippen molar-refractivity contribution in [2.45, 2.75) is 39.4 Å². The number of carbonyl (C=O) groups excluding carboxylic acids is 1. The van der Waals surface area contributed by atoms with Gasteiger partial charge < -0.3 is 29.4 Å². The molecule has 188 valence electrons. The molecule has 14 nitrogen and oxygen atoms in total. The molecule has 1 atom stereocenters. The summed E-state index contributed by atoms with van der Waals surface area (Å²) in [4.78, 5) is 22.2. The van der Waals surface area contributed by atoms with Crippen molar-refractivity contribution < 1.29 is 18.7 Å². The first kappa shape index (κ1) is 24.7. The Kier molecular flexibility index (Phi) is 7.20. The van der Waals surface area contributed by atoms with Crippen LogP contribution in [0.3, 0.4) is 0 Å². The van der Waals surface area contributed by atoms with Crippen LogP contribution in [0.4, 0.5) is 22.1 Å². The maximum atomic E-state index is 12.5. The van der Waals surface area contributed by atoms with Crippen LogP contribution in [0.15, 0.2) is 22.9 Å². The number of aromatic nitrogens is 6. The molecule has 0 aliphatic carbocycles. The van der Waals surface area contributed by atoms with E-state index < -0.39 is 5.60 Å². The monoisotopic (exact) mass is 494 g/mol. The molecule has 1 fully saturated rings. The number of anilines is 3. The van der Waals surface area contributed by atoms with E-state index in [1.54, 1.807) is 17.9 Å². The normalized spacial score (nSPS) is 15.8. The zero-order valence-electron chi connectivity index (χ0n) is 20.3. The number of morpholine rings is 1. The smallest absolute Gasteiger partial charge is 0.410 e.